The predicted octanol–water partition coefficient (Wildman–Crippen LogP) is -0.00390. The summed E-state index contributed by atoms with van der Waals surface area (Å²) in [4.78, 5) is 21.6. The maximum atomic E-state index is 10.9. The number of carbonyl (C=O) groups excluding carboxylic acids is 2. The van der Waals surface area contributed by atoms with Crippen molar-refractivity contribution in [1.29, 1.82) is 0 Å². The lowest BCUT2D eigenvalue weighted by atomic mass is 10.4. The first kappa shape index (κ1) is 12.6. The minimum absolute atomic E-state index is 0.131. The van der Waals surface area contributed by atoms with Crippen LogP contribution in [0.25, 0.3) is 0 Å². The third-order valence-electron chi connectivity index (χ3n) is 1.13. The van der Waals surface area contributed by atoms with Gasteiger partial charge in [0, 0.05) is 18.2 Å². The lowest BCUT2D eigenvalue weighted by Gasteiger charge is -2.03. The van der Waals surface area contributed by atoms with Crippen LogP contribution in [0.5, 0.6) is 0 Å². The van der Waals surface area contributed by atoms with E-state index >= 15 is 0 Å². The van der Waals surface area contributed by atoms with Crippen LogP contribution in [0.2, 0.25) is 0 Å². The largest absolute Gasteiger partial charge is 0.463 e. The van der Waals surface area contributed by atoms with E-state index in [2.05, 4.69) is 9.47 Å². The second kappa shape index (κ2) is 7.08. The normalized spacial score (nSPS) is 12.5. The van der Waals surface area contributed by atoms with Gasteiger partial charge in [-0.3, -0.25) is 0 Å². The topological polar surface area (TPSA) is 78.6 Å². The SMILES string of the molecule is CCOC(=O)C=CC(=O)OCC(C)N. The highest BCUT2D eigenvalue weighted by molar-refractivity contribution is 5.91. The Morgan fingerprint density at radius 3 is 2.21 bits per heavy atom. The molecule has 80 valence electrons. The molecule has 0 saturated heterocycles. The highest BCUT2D eigenvalue weighted by Gasteiger charge is 2.01. The van der Waals surface area contributed by atoms with Gasteiger partial charge in [0.15, 0.2) is 0 Å². The fourth-order valence-corrected chi connectivity index (χ4v) is 0.588. The molecule has 0 spiro atoms. The van der Waals surface area contributed by atoms with Crippen molar-refractivity contribution < 1.29 is 19.1 Å². The van der Waals surface area contributed by atoms with Gasteiger partial charge in [0.25, 0.3) is 0 Å². The van der Waals surface area contributed by atoms with E-state index in [0.29, 0.717) is 0 Å². The van der Waals surface area contributed by atoms with Gasteiger partial charge in [-0.15, -0.1) is 0 Å². The summed E-state index contributed by atoms with van der Waals surface area (Å²) < 4.78 is 9.23. The molecule has 0 fully saturated rings. The van der Waals surface area contributed by atoms with E-state index in [-0.39, 0.29) is 19.3 Å². The molecule has 1 unspecified atom stereocenters. The zero-order valence-corrected chi connectivity index (χ0v) is 8.36. The van der Waals surface area contributed by atoms with Gasteiger partial charge in [-0.2, -0.15) is 0 Å². The van der Waals surface area contributed by atoms with Crippen molar-refractivity contribution in [3.8, 4) is 0 Å². The van der Waals surface area contributed by atoms with Crippen LogP contribution in [-0.4, -0.2) is 31.2 Å². The van der Waals surface area contributed by atoms with Crippen molar-refractivity contribution in [2.45, 2.75) is 19.9 Å². The summed E-state index contributed by atoms with van der Waals surface area (Å²) in [7, 11) is 0. The van der Waals surface area contributed by atoms with Gasteiger partial charge in [-0.25, -0.2) is 9.59 Å². The Hall–Kier alpha value is -1.36. The van der Waals surface area contributed by atoms with E-state index in [4.69, 9.17) is 5.73 Å². The lowest BCUT2D eigenvalue weighted by molar-refractivity contribution is -0.140. The Kier molecular flexibility index (Phi) is 6.39. The molecule has 1 atom stereocenters. The van der Waals surface area contributed by atoms with E-state index in [1.54, 1.807) is 13.8 Å². The second-order valence-corrected chi connectivity index (χ2v) is 2.69. The summed E-state index contributed by atoms with van der Waals surface area (Å²) in [5.74, 6) is -1.17. The predicted molar refractivity (Wildman–Crippen MR) is 50.4 cm³/mol. The molecule has 0 aliphatic heterocycles. The molecule has 0 bridgehead atoms. The van der Waals surface area contributed by atoms with Crippen LogP contribution in [0.4, 0.5) is 0 Å². The molecular weight excluding hydrogens is 186 g/mol. The van der Waals surface area contributed by atoms with Gasteiger partial charge in [0.05, 0.1) is 6.61 Å². The quantitative estimate of drug-likeness (QED) is 0.500. The van der Waals surface area contributed by atoms with Crippen molar-refractivity contribution in [1.82, 2.24) is 0 Å². The molecule has 5 heteroatoms. The molecule has 5 nitrogen and oxygen atoms in total. The van der Waals surface area contributed by atoms with E-state index < -0.39 is 11.9 Å². The van der Waals surface area contributed by atoms with Gasteiger partial charge in [-0.05, 0) is 13.8 Å². The first-order valence-corrected chi connectivity index (χ1v) is 4.33. The highest BCUT2D eigenvalue weighted by atomic mass is 16.5. The van der Waals surface area contributed by atoms with Crippen LogP contribution >= 0.6 is 0 Å². The smallest absolute Gasteiger partial charge is 0.331 e. The second-order valence-electron chi connectivity index (χ2n) is 2.69. The molecule has 0 aromatic heterocycles. The van der Waals surface area contributed by atoms with Gasteiger partial charge in [0.2, 0.25) is 0 Å². The summed E-state index contributed by atoms with van der Waals surface area (Å²) in [5, 5.41) is 0. The summed E-state index contributed by atoms with van der Waals surface area (Å²) in [5.41, 5.74) is 5.35. The van der Waals surface area contributed by atoms with Crippen LogP contribution in [-0.2, 0) is 19.1 Å². The minimum atomic E-state index is -0.602. The molecule has 0 aliphatic rings. The molecule has 0 rings (SSSR count). The Morgan fingerprint density at radius 1 is 1.29 bits per heavy atom. The number of hydrogen-bond acceptors (Lipinski definition) is 5. The third-order valence-corrected chi connectivity index (χ3v) is 1.13. The van der Waals surface area contributed by atoms with Crippen LogP contribution in [0, 0.1) is 0 Å². The minimum Gasteiger partial charge on any atom is -0.463 e. The molecule has 2 N–H and O–H groups in total. The summed E-state index contributed by atoms with van der Waals surface area (Å²) in [6.45, 7) is 3.80. The maximum Gasteiger partial charge on any atom is 0.331 e. The van der Waals surface area contributed by atoms with Crippen molar-refractivity contribution in [2.75, 3.05) is 13.2 Å². The fraction of sp³-hybridized carbons (Fsp3) is 0.556. The van der Waals surface area contributed by atoms with Crippen molar-refractivity contribution in [3.05, 3.63) is 12.2 Å². The first-order valence-electron chi connectivity index (χ1n) is 4.33. The standard InChI is InChI=1S/C9H15NO4/c1-3-13-8(11)4-5-9(12)14-6-7(2)10/h4-5,7H,3,6,10H2,1-2H3. The Labute approximate surface area is 82.9 Å². The number of ether oxygens (including phenoxy) is 2. The molecule has 0 amide bonds. The molecular formula is C9H15NO4. The summed E-state index contributed by atoms with van der Waals surface area (Å²) in [6, 6.07) is -0.213. The number of nitrogens with two attached hydrogens (primary N) is 1. The molecule has 0 aliphatic carbocycles. The molecule has 0 aromatic carbocycles. The maximum absolute atomic E-state index is 10.9. The van der Waals surface area contributed by atoms with E-state index in [1.807, 2.05) is 0 Å². The lowest BCUT2D eigenvalue weighted by Crippen LogP contribution is -2.23. The fourth-order valence-electron chi connectivity index (χ4n) is 0.588. The number of carbonyl (C=O) groups is 2. The van der Waals surface area contributed by atoms with Crippen LogP contribution in [0.3, 0.4) is 0 Å². The van der Waals surface area contributed by atoms with Crippen LogP contribution < -0.4 is 5.73 Å². The zero-order valence-electron chi connectivity index (χ0n) is 8.36. The average Bonchev–Trinajstić information content (AvgIpc) is 2.12. The highest BCUT2D eigenvalue weighted by Crippen LogP contribution is 1.86. The van der Waals surface area contributed by atoms with Crippen molar-refractivity contribution >= 4 is 11.9 Å². The Balaban J connectivity index is 3.76. The monoisotopic (exact) mass is 201 g/mol. The summed E-state index contributed by atoms with van der Waals surface area (Å²) in [6.07, 6.45) is 2.04. The summed E-state index contributed by atoms with van der Waals surface area (Å²) >= 11 is 0. The number of esters is 2. The molecule has 0 saturated carbocycles. The van der Waals surface area contributed by atoms with E-state index in [9.17, 15) is 9.59 Å². The zero-order chi connectivity index (χ0) is 11.0. The Morgan fingerprint density at radius 2 is 1.79 bits per heavy atom. The molecule has 0 radical (unpaired) electrons. The average molecular weight is 201 g/mol. The molecule has 14 heavy (non-hydrogen) atoms. The van der Waals surface area contributed by atoms with Gasteiger partial charge in [-0.1, -0.05) is 0 Å². The number of hydrogen-bond donors (Lipinski definition) is 1. The van der Waals surface area contributed by atoms with Crippen LogP contribution in [0.1, 0.15) is 13.8 Å². The van der Waals surface area contributed by atoms with Crippen molar-refractivity contribution in [3.63, 3.8) is 0 Å². The van der Waals surface area contributed by atoms with E-state index in [0.717, 1.165) is 12.2 Å². The van der Waals surface area contributed by atoms with Gasteiger partial charge >= 0.3 is 11.9 Å². The van der Waals surface area contributed by atoms with E-state index in [1.165, 1.54) is 0 Å². The van der Waals surface area contributed by atoms with Gasteiger partial charge in [0.1, 0.15) is 6.61 Å². The first-order chi connectivity index (χ1) is 6.56. The molecule has 0 heterocycles. The third kappa shape index (κ3) is 7.30. The Bertz CT molecular complexity index is 223. The van der Waals surface area contributed by atoms with Crippen LogP contribution in [0.15, 0.2) is 12.2 Å². The molecule has 0 aromatic rings. The van der Waals surface area contributed by atoms with Gasteiger partial charge < -0.3 is 15.2 Å². The van der Waals surface area contributed by atoms with Crippen molar-refractivity contribution in [2.24, 2.45) is 5.73 Å². The number of rotatable bonds is 5.